The molecule has 2 rings (SSSR count). The van der Waals surface area contributed by atoms with Gasteiger partial charge >= 0.3 is 15.6 Å². The van der Waals surface area contributed by atoms with Gasteiger partial charge in [0.25, 0.3) is 0 Å². The maximum atomic E-state index is 12.5. The molecule has 0 unspecified atom stereocenters. The fourth-order valence-electron chi connectivity index (χ4n) is 1.96. The number of halogens is 3. The van der Waals surface area contributed by atoms with Gasteiger partial charge in [-0.1, -0.05) is 12.1 Å². The van der Waals surface area contributed by atoms with Crippen molar-refractivity contribution in [2.24, 2.45) is 0 Å². The van der Waals surface area contributed by atoms with E-state index in [4.69, 9.17) is 0 Å². The van der Waals surface area contributed by atoms with E-state index < -0.39 is 26.8 Å². The molecule has 0 aliphatic carbocycles. The van der Waals surface area contributed by atoms with E-state index in [2.05, 4.69) is 14.5 Å². The molecule has 1 aromatic heterocycles. The number of amides is 1. The van der Waals surface area contributed by atoms with Gasteiger partial charge in [0.2, 0.25) is 5.91 Å². The Balaban J connectivity index is 2.17. The van der Waals surface area contributed by atoms with Gasteiger partial charge in [-0.15, -0.1) is 0 Å². The van der Waals surface area contributed by atoms with E-state index in [1.807, 2.05) is 0 Å². The molecule has 1 heterocycles. The first-order chi connectivity index (χ1) is 11.9. The molecule has 0 saturated carbocycles. The van der Waals surface area contributed by atoms with Crippen LogP contribution in [0.15, 0.2) is 48.8 Å². The number of rotatable bonds is 5. The number of anilines is 1. The lowest BCUT2D eigenvalue weighted by atomic mass is 9.83. The Labute approximate surface area is 148 Å². The lowest BCUT2D eigenvalue weighted by molar-refractivity contribution is -0.120. The van der Waals surface area contributed by atoms with Crippen molar-refractivity contribution in [2.75, 3.05) is 5.32 Å². The second-order valence-electron chi connectivity index (χ2n) is 5.83. The molecular weight excluding hydrogens is 373 g/mol. The minimum atomic E-state index is -5.74. The molecule has 0 aliphatic rings. The van der Waals surface area contributed by atoms with Gasteiger partial charge < -0.3 is 9.50 Å². The van der Waals surface area contributed by atoms with Gasteiger partial charge in [0, 0.05) is 6.20 Å². The van der Waals surface area contributed by atoms with E-state index in [1.54, 1.807) is 32.2 Å². The maximum Gasteiger partial charge on any atom is 0.534 e. The highest BCUT2D eigenvalue weighted by Gasteiger charge is 2.48. The molecule has 6 nitrogen and oxygen atoms in total. The third-order valence-corrected chi connectivity index (χ3v) is 4.53. The Morgan fingerprint density at radius 2 is 1.73 bits per heavy atom. The molecule has 0 aliphatic heterocycles. The Bertz CT molecular complexity index is 880. The third kappa shape index (κ3) is 4.31. The van der Waals surface area contributed by atoms with Crippen LogP contribution < -0.4 is 9.50 Å². The van der Waals surface area contributed by atoms with Crippen LogP contribution in [0, 0.1) is 0 Å². The fraction of sp³-hybridized carbons (Fsp3) is 0.250. The summed E-state index contributed by atoms with van der Waals surface area (Å²) in [6.45, 7) is 3.22. The van der Waals surface area contributed by atoms with Crippen LogP contribution in [0.3, 0.4) is 0 Å². The van der Waals surface area contributed by atoms with Gasteiger partial charge in [0.1, 0.15) is 5.75 Å². The molecule has 26 heavy (non-hydrogen) atoms. The normalized spacial score (nSPS) is 12.5. The predicted molar refractivity (Wildman–Crippen MR) is 87.9 cm³/mol. The third-order valence-electron chi connectivity index (χ3n) is 3.55. The molecule has 140 valence electrons. The minimum Gasteiger partial charge on any atom is -0.376 e. The molecule has 1 amide bonds. The van der Waals surface area contributed by atoms with Crippen LogP contribution >= 0.6 is 0 Å². The molecule has 0 spiro atoms. The lowest BCUT2D eigenvalue weighted by Gasteiger charge is -2.24. The van der Waals surface area contributed by atoms with E-state index in [-0.39, 0.29) is 5.91 Å². The van der Waals surface area contributed by atoms with Crippen LogP contribution in [-0.4, -0.2) is 24.8 Å². The van der Waals surface area contributed by atoms with Crippen LogP contribution in [0.1, 0.15) is 19.4 Å². The summed E-state index contributed by atoms with van der Waals surface area (Å²) < 4.78 is 63.0. The summed E-state index contributed by atoms with van der Waals surface area (Å²) in [7, 11) is -5.74. The number of pyridine rings is 1. The first-order valence-electron chi connectivity index (χ1n) is 7.26. The highest BCUT2D eigenvalue weighted by Crippen LogP contribution is 2.30. The number of hydrogen-bond acceptors (Lipinski definition) is 5. The summed E-state index contributed by atoms with van der Waals surface area (Å²) in [5.41, 5.74) is -5.62. The first-order valence-corrected chi connectivity index (χ1v) is 8.67. The molecule has 0 fully saturated rings. The van der Waals surface area contributed by atoms with Gasteiger partial charge in [-0.2, -0.15) is 21.6 Å². The van der Waals surface area contributed by atoms with Crippen molar-refractivity contribution >= 4 is 21.7 Å². The molecule has 0 radical (unpaired) electrons. The van der Waals surface area contributed by atoms with E-state index in [0.29, 0.717) is 11.3 Å². The number of alkyl halides is 3. The monoisotopic (exact) mass is 388 g/mol. The Morgan fingerprint density at radius 1 is 1.12 bits per heavy atom. The summed E-state index contributed by atoms with van der Waals surface area (Å²) in [6.07, 6.45) is 3.02. The van der Waals surface area contributed by atoms with Gasteiger partial charge in [-0.25, -0.2) is 0 Å². The number of benzene rings is 1. The van der Waals surface area contributed by atoms with Gasteiger partial charge in [-0.05, 0) is 43.7 Å². The Morgan fingerprint density at radius 3 is 2.23 bits per heavy atom. The molecule has 10 heteroatoms. The fourth-order valence-corrected chi connectivity index (χ4v) is 2.42. The van der Waals surface area contributed by atoms with Gasteiger partial charge in [0.05, 0.1) is 17.3 Å². The number of hydrogen-bond donors (Lipinski definition) is 1. The molecule has 0 bridgehead atoms. The van der Waals surface area contributed by atoms with Crippen molar-refractivity contribution < 1.29 is 30.6 Å². The molecule has 0 saturated heterocycles. The van der Waals surface area contributed by atoms with Gasteiger partial charge in [0.15, 0.2) is 0 Å². The average Bonchev–Trinajstić information content (AvgIpc) is 2.55. The molecule has 2 aromatic rings. The zero-order valence-electron chi connectivity index (χ0n) is 13.7. The molecule has 1 N–H and O–H groups in total. The highest BCUT2D eigenvalue weighted by atomic mass is 32.2. The van der Waals surface area contributed by atoms with Gasteiger partial charge in [-0.3, -0.25) is 9.78 Å². The lowest BCUT2D eigenvalue weighted by Crippen LogP contribution is -2.34. The van der Waals surface area contributed by atoms with Crippen LogP contribution in [-0.2, 0) is 20.3 Å². The zero-order chi connectivity index (χ0) is 19.6. The predicted octanol–water partition coefficient (Wildman–Crippen LogP) is 3.23. The summed E-state index contributed by atoms with van der Waals surface area (Å²) in [4.78, 5) is 16.3. The SMILES string of the molecule is CC(C)(C(=O)Nc1cccnc1)c1ccc(OS(=O)(=O)C(F)(F)F)cc1. The maximum absolute atomic E-state index is 12.5. The second-order valence-corrected chi connectivity index (χ2v) is 7.37. The van der Waals surface area contributed by atoms with Crippen LogP contribution in [0.5, 0.6) is 5.75 Å². The quantitative estimate of drug-likeness (QED) is 0.628. The van der Waals surface area contributed by atoms with Crippen LogP contribution in [0.4, 0.5) is 18.9 Å². The Kier molecular flexibility index (Phi) is 5.26. The van der Waals surface area contributed by atoms with Crippen molar-refractivity contribution in [1.29, 1.82) is 0 Å². The summed E-state index contributed by atoms with van der Waals surface area (Å²) in [5, 5.41) is 2.68. The van der Waals surface area contributed by atoms with Crippen LogP contribution in [0.25, 0.3) is 0 Å². The molecular formula is C16H15F3N2O4S. The Hall–Kier alpha value is -2.62. The average molecular weight is 388 g/mol. The van der Waals surface area contributed by atoms with E-state index in [9.17, 15) is 26.4 Å². The number of aromatic nitrogens is 1. The number of nitrogens with one attached hydrogen (secondary N) is 1. The summed E-state index contributed by atoms with van der Waals surface area (Å²) in [6, 6.07) is 8.05. The minimum absolute atomic E-state index is 0.373. The smallest absolute Gasteiger partial charge is 0.376 e. The zero-order valence-corrected chi connectivity index (χ0v) is 14.6. The van der Waals surface area contributed by atoms with E-state index in [0.717, 1.165) is 12.1 Å². The number of carbonyl (C=O) groups is 1. The second kappa shape index (κ2) is 6.94. The number of nitrogens with zero attached hydrogens (tertiary/aromatic N) is 1. The van der Waals surface area contributed by atoms with Crippen molar-refractivity contribution in [2.45, 2.75) is 24.8 Å². The summed E-state index contributed by atoms with van der Waals surface area (Å²) in [5.74, 6) is -0.878. The topological polar surface area (TPSA) is 85.4 Å². The highest BCUT2D eigenvalue weighted by molar-refractivity contribution is 7.88. The number of carbonyl (C=O) groups excluding carboxylic acids is 1. The molecule has 1 aromatic carbocycles. The van der Waals surface area contributed by atoms with E-state index in [1.165, 1.54) is 18.3 Å². The summed E-state index contributed by atoms with van der Waals surface area (Å²) >= 11 is 0. The van der Waals surface area contributed by atoms with Crippen molar-refractivity contribution in [3.63, 3.8) is 0 Å². The van der Waals surface area contributed by atoms with Crippen molar-refractivity contribution in [3.8, 4) is 5.75 Å². The van der Waals surface area contributed by atoms with Crippen LogP contribution in [0.2, 0.25) is 0 Å². The first kappa shape index (κ1) is 19.7. The molecule has 0 atom stereocenters. The van der Waals surface area contributed by atoms with E-state index >= 15 is 0 Å². The van der Waals surface area contributed by atoms with Crippen molar-refractivity contribution in [3.05, 3.63) is 54.4 Å². The largest absolute Gasteiger partial charge is 0.534 e. The standard InChI is InChI=1S/C16H15F3N2O4S/c1-15(2,14(22)21-12-4-3-9-20-10-12)11-5-7-13(8-6-11)25-26(23,24)16(17,18)19/h3-10H,1-2H3,(H,21,22). The van der Waals surface area contributed by atoms with Crippen molar-refractivity contribution in [1.82, 2.24) is 4.98 Å².